The van der Waals surface area contributed by atoms with Crippen LogP contribution in [0.25, 0.3) is 11.1 Å². The first kappa shape index (κ1) is 15.3. The van der Waals surface area contributed by atoms with Crippen molar-refractivity contribution in [2.75, 3.05) is 0 Å². The molecule has 0 aliphatic heterocycles. The zero-order valence-electron chi connectivity index (χ0n) is 13.1. The van der Waals surface area contributed by atoms with Crippen molar-refractivity contribution in [3.05, 3.63) is 54.1 Å². The lowest BCUT2D eigenvalue weighted by molar-refractivity contribution is -0.137. The van der Waals surface area contributed by atoms with Crippen molar-refractivity contribution in [3.8, 4) is 16.9 Å². The predicted molar refractivity (Wildman–Crippen MR) is 86.4 cm³/mol. The molecule has 0 amide bonds. The Bertz CT molecular complexity index is 613. The Kier molecular flexibility index (Phi) is 4.79. The SMILES string of the molecule is CC(C)C(=O)Oc1cc(-c2ccccc2)ccc1C(C)C. The summed E-state index contributed by atoms with van der Waals surface area (Å²) in [6, 6.07) is 16.2. The molecule has 21 heavy (non-hydrogen) atoms. The second-order valence-electron chi connectivity index (χ2n) is 5.85. The molecule has 2 rings (SSSR count). The van der Waals surface area contributed by atoms with E-state index < -0.39 is 0 Å². The predicted octanol–water partition coefficient (Wildman–Crippen LogP) is 5.04. The first-order valence-electron chi connectivity index (χ1n) is 7.40. The standard InChI is InChI=1S/C19H22O2/c1-13(2)17-11-10-16(15-8-6-5-7-9-15)12-18(17)21-19(20)14(3)4/h5-14H,1-4H3. The molecule has 0 aliphatic carbocycles. The van der Waals surface area contributed by atoms with Crippen molar-refractivity contribution in [3.63, 3.8) is 0 Å². The van der Waals surface area contributed by atoms with Gasteiger partial charge in [-0.25, -0.2) is 0 Å². The third kappa shape index (κ3) is 3.72. The molecule has 0 aromatic heterocycles. The van der Waals surface area contributed by atoms with Crippen LogP contribution in [0.4, 0.5) is 0 Å². The van der Waals surface area contributed by atoms with Crippen molar-refractivity contribution in [1.29, 1.82) is 0 Å². The molecule has 0 spiro atoms. The average molecular weight is 282 g/mol. The average Bonchev–Trinajstić information content (AvgIpc) is 2.47. The van der Waals surface area contributed by atoms with Gasteiger partial charge in [0.2, 0.25) is 0 Å². The molecular formula is C19H22O2. The molecule has 2 heteroatoms. The van der Waals surface area contributed by atoms with Gasteiger partial charge in [0.05, 0.1) is 5.92 Å². The zero-order valence-corrected chi connectivity index (χ0v) is 13.1. The maximum Gasteiger partial charge on any atom is 0.313 e. The number of esters is 1. The molecular weight excluding hydrogens is 260 g/mol. The summed E-state index contributed by atoms with van der Waals surface area (Å²) in [4.78, 5) is 11.9. The number of rotatable bonds is 4. The van der Waals surface area contributed by atoms with Crippen LogP contribution in [0.5, 0.6) is 5.75 Å². The molecule has 0 atom stereocenters. The van der Waals surface area contributed by atoms with E-state index in [1.54, 1.807) is 0 Å². The minimum Gasteiger partial charge on any atom is -0.426 e. The highest BCUT2D eigenvalue weighted by molar-refractivity contribution is 5.76. The first-order chi connectivity index (χ1) is 9.99. The number of hydrogen-bond acceptors (Lipinski definition) is 2. The van der Waals surface area contributed by atoms with Crippen molar-refractivity contribution in [2.24, 2.45) is 5.92 Å². The molecule has 2 aromatic carbocycles. The molecule has 110 valence electrons. The molecule has 0 unspecified atom stereocenters. The fraction of sp³-hybridized carbons (Fsp3) is 0.316. The Balaban J connectivity index is 2.42. The third-order valence-corrected chi connectivity index (χ3v) is 3.42. The van der Waals surface area contributed by atoms with Gasteiger partial charge in [-0.3, -0.25) is 4.79 Å². The van der Waals surface area contributed by atoms with E-state index in [2.05, 4.69) is 38.1 Å². The Morgan fingerprint density at radius 3 is 2.14 bits per heavy atom. The number of hydrogen-bond donors (Lipinski definition) is 0. The van der Waals surface area contributed by atoms with E-state index in [0.717, 1.165) is 16.7 Å². The molecule has 0 N–H and O–H groups in total. The second kappa shape index (κ2) is 6.57. The van der Waals surface area contributed by atoms with E-state index in [0.29, 0.717) is 11.7 Å². The smallest absolute Gasteiger partial charge is 0.313 e. The van der Waals surface area contributed by atoms with Crippen molar-refractivity contribution < 1.29 is 9.53 Å². The van der Waals surface area contributed by atoms with E-state index >= 15 is 0 Å². The lowest BCUT2D eigenvalue weighted by Crippen LogP contribution is -2.16. The van der Waals surface area contributed by atoms with Gasteiger partial charge in [0.15, 0.2) is 0 Å². The number of benzene rings is 2. The normalized spacial score (nSPS) is 11.0. The molecule has 0 saturated heterocycles. The van der Waals surface area contributed by atoms with Crippen LogP contribution in [0.1, 0.15) is 39.2 Å². The summed E-state index contributed by atoms with van der Waals surface area (Å²) in [5.41, 5.74) is 3.24. The van der Waals surface area contributed by atoms with Gasteiger partial charge in [0, 0.05) is 0 Å². The van der Waals surface area contributed by atoms with Crippen LogP contribution in [0.2, 0.25) is 0 Å². The van der Waals surface area contributed by atoms with E-state index in [1.165, 1.54) is 0 Å². The first-order valence-corrected chi connectivity index (χ1v) is 7.40. The molecule has 0 saturated carbocycles. The summed E-state index contributed by atoms with van der Waals surface area (Å²) in [6.45, 7) is 7.89. The fourth-order valence-corrected chi connectivity index (χ4v) is 2.14. The van der Waals surface area contributed by atoms with Crippen LogP contribution in [0.3, 0.4) is 0 Å². The number of ether oxygens (including phenoxy) is 1. The summed E-state index contributed by atoms with van der Waals surface area (Å²) in [5.74, 6) is 0.655. The molecule has 0 heterocycles. The summed E-state index contributed by atoms with van der Waals surface area (Å²) >= 11 is 0. The van der Waals surface area contributed by atoms with E-state index in [4.69, 9.17) is 4.74 Å². The van der Waals surface area contributed by atoms with E-state index in [1.807, 2.05) is 38.1 Å². The second-order valence-corrected chi connectivity index (χ2v) is 5.85. The molecule has 0 fully saturated rings. The van der Waals surface area contributed by atoms with Crippen LogP contribution in [-0.4, -0.2) is 5.97 Å². The Hall–Kier alpha value is -2.09. The monoisotopic (exact) mass is 282 g/mol. The summed E-state index contributed by atoms with van der Waals surface area (Å²) in [7, 11) is 0. The van der Waals surface area contributed by atoms with Gasteiger partial charge in [0.1, 0.15) is 5.75 Å². The van der Waals surface area contributed by atoms with Crippen molar-refractivity contribution in [2.45, 2.75) is 33.6 Å². The summed E-state index contributed by atoms with van der Waals surface area (Å²) in [6.07, 6.45) is 0. The molecule has 0 radical (unpaired) electrons. The summed E-state index contributed by atoms with van der Waals surface area (Å²) in [5, 5.41) is 0. The van der Waals surface area contributed by atoms with E-state index in [-0.39, 0.29) is 11.9 Å². The molecule has 0 aliphatic rings. The van der Waals surface area contributed by atoms with Gasteiger partial charge in [-0.15, -0.1) is 0 Å². The fourth-order valence-electron chi connectivity index (χ4n) is 2.14. The van der Waals surface area contributed by atoms with Gasteiger partial charge < -0.3 is 4.74 Å². The molecule has 0 bridgehead atoms. The van der Waals surface area contributed by atoms with Crippen LogP contribution in [-0.2, 0) is 4.79 Å². The largest absolute Gasteiger partial charge is 0.426 e. The summed E-state index contributed by atoms with van der Waals surface area (Å²) < 4.78 is 5.59. The minimum absolute atomic E-state index is 0.134. The Labute approximate surface area is 126 Å². The lowest BCUT2D eigenvalue weighted by atomic mass is 9.97. The van der Waals surface area contributed by atoms with Crippen molar-refractivity contribution >= 4 is 5.97 Å². The topological polar surface area (TPSA) is 26.3 Å². The maximum absolute atomic E-state index is 11.9. The highest BCUT2D eigenvalue weighted by Gasteiger charge is 2.15. The minimum atomic E-state index is -0.192. The van der Waals surface area contributed by atoms with Gasteiger partial charge >= 0.3 is 5.97 Å². The van der Waals surface area contributed by atoms with Crippen LogP contribution >= 0.6 is 0 Å². The van der Waals surface area contributed by atoms with E-state index in [9.17, 15) is 4.79 Å². The lowest BCUT2D eigenvalue weighted by Gasteiger charge is -2.15. The Morgan fingerprint density at radius 2 is 1.57 bits per heavy atom. The van der Waals surface area contributed by atoms with Gasteiger partial charge in [0.25, 0.3) is 0 Å². The highest BCUT2D eigenvalue weighted by Crippen LogP contribution is 2.32. The third-order valence-electron chi connectivity index (χ3n) is 3.42. The van der Waals surface area contributed by atoms with Gasteiger partial charge in [-0.05, 0) is 28.7 Å². The van der Waals surface area contributed by atoms with Crippen molar-refractivity contribution in [1.82, 2.24) is 0 Å². The van der Waals surface area contributed by atoms with Crippen LogP contribution in [0, 0.1) is 5.92 Å². The number of carbonyl (C=O) groups is 1. The maximum atomic E-state index is 11.9. The highest BCUT2D eigenvalue weighted by atomic mass is 16.5. The Morgan fingerprint density at radius 1 is 0.905 bits per heavy atom. The van der Waals surface area contributed by atoms with Gasteiger partial charge in [-0.2, -0.15) is 0 Å². The van der Waals surface area contributed by atoms with Crippen LogP contribution in [0.15, 0.2) is 48.5 Å². The molecule has 2 nitrogen and oxygen atoms in total. The van der Waals surface area contributed by atoms with Crippen LogP contribution < -0.4 is 4.74 Å². The molecule has 2 aromatic rings. The zero-order chi connectivity index (χ0) is 15.4. The van der Waals surface area contributed by atoms with Gasteiger partial charge in [-0.1, -0.05) is 70.2 Å². The number of carbonyl (C=O) groups excluding carboxylic acids is 1. The quantitative estimate of drug-likeness (QED) is 0.580.